The zero-order valence-corrected chi connectivity index (χ0v) is 9.89. The molecule has 0 aromatic heterocycles. The Balaban J connectivity index is 2.18. The molecule has 2 N–H and O–H groups in total. The van der Waals surface area contributed by atoms with Crippen molar-refractivity contribution in [2.75, 3.05) is 13.1 Å². The molecular weight excluding hydrogens is 218 g/mol. The number of aryl methyl sites for hydroxylation is 1. The summed E-state index contributed by atoms with van der Waals surface area (Å²) in [6.07, 6.45) is 0.0192. The summed E-state index contributed by atoms with van der Waals surface area (Å²) < 4.78 is 0. The van der Waals surface area contributed by atoms with Crippen molar-refractivity contribution in [3.05, 3.63) is 35.4 Å². The number of benzene rings is 1. The van der Waals surface area contributed by atoms with Crippen LogP contribution in [0.15, 0.2) is 24.3 Å². The van der Waals surface area contributed by atoms with E-state index in [1.54, 1.807) is 0 Å². The lowest BCUT2D eigenvalue weighted by atomic mass is 9.82. The van der Waals surface area contributed by atoms with Crippen LogP contribution in [-0.2, 0) is 5.60 Å². The van der Waals surface area contributed by atoms with Crippen LogP contribution in [0.5, 0.6) is 0 Å². The van der Waals surface area contributed by atoms with E-state index in [2.05, 4.69) is 0 Å². The molecule has 0 saturated carbocycles. The van der Waals surface area contributed by atoms with Gasteiger partial charge in [0.05, 0.1) is 5.60 Å². The molecule has 92 valence electrons. The summed E-state index contributed by atoms with van der Waals surface area (Å²) in [4.78, 5) is 12.2. The molecule has 4 heteroatoms. The summed E-state index contributed by atoms with van der Waals surface area (Å²) >= 11 is 0. The van der Waals surface area contributed by atoms with Crippen LogP contribution in [0.1, 0.15) is 24.0 Å². The highest BCUT2D eigenvalue weighted by Crippen LogP contribution is 2.34. The number of nitrogens with zero attached hydrogens (tertiary/aromatic N) is 1. The smallest absolute Gasteiger partial charge is 0.407 e. The maximum atomic E-state index is 10.8. The Hall–Kier alpha value is -1.55. The van der Waals surface area contributed by atoms with Crippen molar-refractivity contribution >= 4 is 6.09 Å². The van der Waals surface area contributed by atoms with Gasteiger partial charge in [-0.25, -0.2) is 4.79 Å². The second-order valence-corrected chi connectivity index (χ2v) is 4.62. The third kappa shape index (κ3) is 2.26. The minimum absolute atomic E-state index is 0.389. The van der Waals surface area contributed by atoms with Crippen LogP contribution < -0.4 is 0 Å². The number of hydrogen-bond acceptors (Lipinski definition) is 2. The minimum Gasteiger partial charge on any atom is -0.465 e. The Morgan fingerprint density at radius 1 is 1.29 bits per heavy atom. The van der Waals surface area contributed by atoms with Crippen LogP contribution in [0.3, 0.4) is 0 Å². The molecule has 1 heterocycles. The maximum Gasteiger partial charge on any atom is 0.407 e. The fraction of sp³-hybridized carbons (Fsp3) is 0.462. The fourth-order valence-electron chi connectivity index (χ4n) is 2.43. The highest BCUT2D eigenvalue weighted by atomic mass is 16.4. The lowest BCUT2D eigenvalue weighted by molar-refractivity contribution is -0.0217. The highest BCUT2D eigenvalue weighted by Gasteiger charge is 2.36. The van der Waals surface area contributed by atoms with Crippen molar-refractivity contribution < 1.29 is 15.0 Å². The molecule has 0 radical (unpaired) electrons. The van der Waals surface area contributed by atoms with Crippen molar-refractivity contribution in [3.63, 3.8) is 0 Å². The summed E-state index contributed by atoms with van der Waals surface area (Å²) in [5.74, 6) is 0. The van der Waals surface area contributed by atoms with Crippen LogP contribution in [0, 0.1) is 6.92 Å². The molecule has 0 atom stereocenters. The van der Waals surface area contributed by atoms with Crippen LogP contribution in [0.4, 0.5) is 4.79 Å². The van der Waals surface area contributed by atoms with Gasteiger partial charge >= 0.3 is 6.09 Å². The van der Waals surface area contributed by atoms with E-state index in [1.807, 2.05) is 31.2 Å². The Kier molecular flexibility index (Phi) is 3.07. The average Bonchev–Trinajstić information content (AvgIpc) is 2.30. The lowest BCUT2D eigenvalue weighted by Gasteiger charge is -2.38. The summed E-state index contributed by atoms with van der Waals surface area (Å²) in [6.45, 7) is 2.75. The van der Waals surface area contributed by atoms with Crippen molar-refractivity contribution in [1.29, 1.82) is 0 Å². The molecule has 1 fully saturated rings. The number of hydrogen-bond donors (Lipinski definition) is 2. The molecule has 1 aromatic carbocycles. The molecule has 17 heavy (non-hydrogen) atoms. The van der Waals surface area contributed by atoms with E-state index in [0.29, 0.717) is 25.9 Å². The molecule has 1 aliphatic rings. The Morgan fingerprint density at radius 3 is 2.41 bits per heavy atom. The lowest BCUT2D eigenvalue weighted by Crippen LogP contribution is -2.44. The molecule has 0 aliphatic carbocycles. The maximum absolute atomic E-state index is 10.8. The molecular formula is C13H17NO3. The van der Waals surface area contributed by atoms with E-state index in [4.69, 9.17) is 5.11 Å². The van der Waals surface area contributed by atoms with E-state index in [-0.39, 0.29) is 0 Å². The molecule has 1 saturated heterocycles. The predicted octanol–water partition coefficient (Wildman–Crippen LogP) is 1.96. The molecule has 1 aromatic rings. The summed E-state index contributed by atoms with van der Waals surface area (Å²) in [6, 6.07) is 7.74. The fourth-order valence-corrected chi connectivity index (χ4v) is 2.43. The number of carboxylic acid groups (broad SMARTS) is 1. The van der Waals surface area contributed by atoms with E-state index in [9.17, 15) is 9.90 Å². The topological polar surface area (TPSA) is 60.8 Å². The predicted molar refractivity (Wildman–Crippen MR) is 63.9 cm³/mol. The van der Waals surface area contributed by atoms with Gasteiger partial charge in [0.2, 0.25) is 0 Å². The van der Waals surface area contributed by atoms with Gasteiger partial charge < -0.3 is 15.1 Å². The van der Waals surface area contributed by atoms with E-state index in [1.165, 1.54) is 4.90 Å². The van der Waals surface area contributed by atoms with Crippen LogP contribution >= 0.6 is 0 Å². The van der Waals surface area contributed by atoms with E-state index >= 15 is 0 Å². The van der Waals surface area contributed by atoms with Gasteiger partial charge in [-0.2, -0.15) is 0 Å². The summed E-state index contributed by atoms with van der Waals surface area (Å²) in [5.41, 5.74) is 1.10. The molecule has 1 amide bonds. The number of likely N-dealkylation sites (tertiary alicyclic amines) is 1. The van der Waals surface area contributed by atoms with Crippen molar-refractivity contribution in [2.45, 2.75) is 25.4 Å². The van der Waals surface area contributed by atoms with Crippen LogP contribution in [0.2, 0.25) is 0 Å². The van der Waals surface area contributed by atoms with Gasteiger partial charge in [0.15, 0.2) is 0 Å². The largest absolute Gasteiger partial charge is 0.465 e. The first-order valence-electron chi connectivity index (χ1n) is 5.79. The van der Waals surface area contributed by atoms with Crippen molar-refractivity contribution in [1.82, 2.24) is 4.90 Å². The van der Waals surface area contributed by atoms with Gasteiger partial charge in [0.25, 0.3) is 0 Å². The van der Waals surface area contributed by atoms with Crippen molar-refractivity contribution in [3.8, 4) is 0 Å². The summed E-state index contributed by atoms with van der Waals surface area (Å²) in [7, 11) is 0. The van der Waals surface area contributed by atoms with Gasteiger partial charge in [0.1, 0.15) is 0 Å². The van der Waals surface area contributed by atoms with Gasteiger partial charge in [-0.05, 0) is 30.9 Å². The van der Waals surface area contributed by atoms with E-state index in [0.717, 1.165) is 11.1 Å². The Morgan fingerprint density at radius 2 is 1.88 bits per heavy atom. The Labute approximate surface area is 100 Å². The number of piperidine rings is 1. The first kappa shape index (κ1) is 11.9. The molecule has 0 spiro atoms. The SMILES string of the molecule is Cc1ccccc1C1(O)CCN(C(=O)O)CC1. The van der Waals surface area contributed by atoms with Gasteiger partial charge in [-0.3, -0.25) is 0 Å². The first-order valence-corrected chi connectivity index (χ1v) is 5.79. The van der Waals surface area contributed by atoms with Crippen LogP contribution in [0.25, 0.3) is 0 Å². The highest BCUT2D eigenvalue weighted by molar-refractivity contribution is 5.65. The second kappa shape index (κ2) is 4.37. The quantitative estimate of drug-likeness (QED) is 0.782. The molecule has 0 bridgehead atoms. The zero-order chi connectivity index (χ0) is 12.5. The third-order valence-corrected chi connectivity index (χ3v) is 3.51. The van der Waals surface area contributed by atoms with Gasteiger partial charge in [0, 0.05) is 13.1 Å². The minimum atomic E-state index is -0.906. The molecule has 2 rings (SSSR count). The Bertz CT molecular complexity index is 422. The third-order valence-electron chi connectivity index (χ3n) is 3.51. The number of rotatable bonds is 1. The molecule has 4 nitrogen and oxygen atoms in total. The zero-order valence-electron chi connectivity index (χ0n) is 9.89. The van der Waals surface area contributed by atoms with E-state index < -0.39 is 11.7 Å². The standard InChI is InChI=1S/C13H17NO3/c1-10-4-2-3-5-11(10)13(17)6-8-14(9-7-13)12(15)16/h2-5,17H,6-9H2,1H3,(H,15,16). The molecule has 0 unspecified atom stereocenters. The van der Waals surface area contributed by atoms with Crippen LogP contribution in [-0.4, -0.2) is 34.3 Å². The number of aliphatic hydroxyl groups is 1. The first-order chi connectivity index (χ1) is 8.03. The van der Waals surface area contributed by atoms with Crippen molar-refractivity contribution in [2.24, 2.45) is 0 Å². The second-order valence-electron chi connectivity index (χ2n) is 4.62. The summed E-state index contributed by atoms with van der Waals surface area (Å²) in [5, 5.41) is 19.5. The normalized spacial score (nSPS) is 19.1. The van der Waals surface area contributed by atoms with Gasteiger partial charge in [-0.1, -0.05) is 24.3 Å². The monoisotopic (exact) mass is 235 g/mol. The average molecular weight is 235 g/mol. The molecule has 1 aliphatic heterocycles. The van der Waals surface area contributed by atoms with Gasteiger partial charge in [-0.15, -0.1) is 0 Å². The number of amides is 1. The number of carbonyl (C=O) groups is 1.